The maximum atomic E-state index is 12.7. The summed E-state index contributed by atoms with van der Waals surface area (Å²) in [5.41, 5.74) is -0.233. The maximum absolute atomic E-state index is 12.7. The van der Waals surface area contributed by atoms with Gasteiger partial charge in [-0.2, -0.15) is 0 Å². The first-order chi connectivity index (χ1) is 9.31. The molecule has 2 heterocycles. The minimum atomic E-state index is -0.233. The molecule has 1 amide bonds. The fourth-order valence-corrected chi connectivity index (χ4v) is 4.17. The highest BCUT2D eigenvalue weighted by Crippen LogP contribution is 2.41. The molecule has 0 atom stereocenters. The SMILES string of the molecule is Cl.O=C(NCC1CNC1)C1(c2cccs2)CCCCC1. The summed E-state index contributed by atoms with van der Waals surface area (Å²) in [5.74, 6) is 0.898. The molecule has 2 aliphatic rings. The Bertz CT molecular complexity index is 425. The van der Waals surface area contributed by atoms with E-state index in [-0.39, 0.29) is 23.7 Å². The van der Waals surface area contributed by atoms with Gasteiger partial charge >= 0.3 is 0 Å². The molecule has 0 spiro atoms. The van der Waals surface area contributed by atoms with E-state index < -0.39 is 0 Å². The minimum absolute atomic E-state index is 0. The number of carbonyl (C=O) groups is 1. The molecule has 1 aliphatic carbocycles. The summed E-state index contributed by atoms with van der Waals surface area (Å²) >= 11 is 1.74. The van der Waals surface area contributed by atoms with Crippen molar-refractivity contribution in [2.45, 2.75) is 37.5 Å². The van der Waals surface area contributed by atoms with Gasteiger partial charge in [0.05, 0.1) is 5.41 Å². The Morgan fingerprint density at radius 2 is 2.10 bits per heavy atom. The van der Waals surface area contributed by atoms with E-state index in [1.54, 1.807) is 11.3 Å². The van der Waals surface area contributed by atoms with Crippen molar-refractivity contribution in [2.75, 3.05) is 19.6 Å². The number of hydrogen-bond acceptors (Lipinski definition) is 3. The Morgan fingerprint density at radius 3 is 2.65 bits per heavy atom. The van der Waals surface area contributed by atoms with E-state index >= 15 is 0 Å². The lowest BCUT2D eigenvalue weighted by Gasteiger charge is -2.36. The third-order valence-corrected chi connectivity index (χ3v) is 5.63. The van der Waals surface area contributed by atoms with Gasteiger partial charge in [-0.05, 0) is 24.3 Å². The summed E-state index contributed by atoms with van der Waals surface area (Å²) < 4.78 is 0. The molecule has 0 bridgehead atoms. The van der Waals surface area contributed by atoms with Gasteiger partial charge in [0, 0.05) is 30.4 Å². The second kappa shape index (κ2) is 6.92. The summed E-state index contributed by atoms with van der Waals surface area (Å²) in [7, 11) is 0. The Hall–Kier alpha value is -0.580. The van der Waals surface area contributed by atoms with Gasteiger partial charge in [-0.15, -0.1) is 23.7 Å². The second-order valence-corrected chi connectivity index (χ2v) is 6.80. The van der Waals surface area contributed by atoms with E-state index in [9.17, 15) is 4.79 Å². The van der Waals surface area contributed by atoms with Crippen LogP contribution in [0, 0.1) is 5.92 Å². The van der Waals surface area contributed by atoms with Crippen molar-refractivity contribution in [3.8, 4) is 0 Å². The molecule has 1 aliphatic heterocycles. The number of hydrogen-bond donors (Lipinski definition) is 2. The smallest absolute Gasteiger partial charge is 0.231 e. The predicted molar refractivity (Wildman–Crippen MR) is 85.7 cm³/mol. The topological polar surface area (TPSA) is 41.1 Å². The maximum Gasteiger partial charge on any atom is 0.231 e. The van der Waals surface area contributed by atoms with Gasteiger partial charge in [0.25, 0.3) is 0 Å². The van der Waals surface area contributed by atoms with Crippen LogP contribution in [-0.2, 0) is 10.2 Å². The monoisotopic (exact) mass is 314 g/mol. The number of thiophene rings is 1. The van der Waals surface area contributed by atoms with Gasteiger partial charge in [0.1, 0.15) is 0 Å². The number of amides is 1. The first-order valence-electron chi connectivity index (χ1n) is 7.34. The molecule has 1 saturated carbocycles. The van der Waals surface area contributed by atoms with Crippen molar-refractivity contribution >= 4 is 29.7 Å². The van der Waals surface area contributed by atoms with Crippen molar-refractivity contribution in [1.29, 1.82) is 0 Å². The number of carbonyl (C=O) groups excluding carboxylic acids is 1. The molecule has 3 rings (SSSR count). The van der Waals surface area contributed by atoms with E-state index in [2.05, 4.69) is 28.1 Å². The summed E-state index contributed by atoms with van der Waals surface area (Å²) in [6.07, 6.45) is 5.66. The van der Waals surface area contributed by atoms with Crippen LogP contribution in [0.5, 0.6) is 0 Å². The Labute approximate surface area is 130 Å². The minimum Gasteiger partial charge on any atom is -0.355 e. The van der Waals surface area contributed by atoms with Gasteiger partial charge < -0.3 is 10.6 Å². The van der Waals surface area contributed by atoms with Crippen molar-refractivity contribution in [3.05, 3.63) is 22.4 Å². The van der Waals surface area contributed by atoms with Crippen LogP contribution in [-0.4, -0.2) is 25.5 Å². The van der Waals surface area contributed by atoms with Crippen LogP contribution < -0.4 is 10.6 Å². The average molecular weight is 315 g/mol. The molecule has 5 heteroatoms. The molecule has 0 aromatic carbocycles. The Kier molecular flexibility index (Phi) is 5.47. The first-order valence-corrected chi connectivity index (χ1v) is 8.22. The van der Waals surface area contributed by atoms with Crippen LogP contribution in [0.1, 0.15) is 37.0 Å². The Morgan fingerprint density at radius 1 is 1.35 bits per heavy atom. The van der Waals surface area contributed by atoms with E-state index in [0.717, 1.165) is 32.5 Å². The van der Waals surface area contributed by atoms with E-state index in [1.807, 2.05) is 0 Å². The van der Waals surface area contributed by atoms with Crippen molar-refractivity contribution in [1.82, 2.24) is 10.6 Å². The largest absolute Gasteiger partial charge is 0.355 e. The summed E-state index contributed by atoms with van der Waals surface area (Å²) in [5, 5.41) is 8.56. The number of nitrogens with one attached hydrogen (secondary N) is 2. The summed E-state index contributed by atoms with van der Waals surface area (Å²) in [4.78, 5) is 14.0. The normalized spacial score (nSPS) is 21.6. The molecule has 2 N–H and O–H groups in total. The van der Waals surface area contributed by atoms with Crippen LogP contribution >= 0.6 is 23.7 Å². The molecule has 0 unspecified atom stereocenters. The molecular formula is C15H23ClN2OS. The van der Waals surface area contributed by atoms with E-state index in [1.165, 1.54) is 24.1 Å². The zero-order valence-corrected chi connectivity index (χ0v) is 13.3. The van der Waals surface area contributed by atoms with E-state index in [0.29, 0.717) is 5.92 Å². The van der Waals surface area contributed by atoms with E-state index in [4.69, 9.17) is 0 Å². The lowest BCUT2D eigenvalue weighted by molar-refractivity contribution is -0.128. The van der Waals surface area contributed by atoms with Crippen molar-refractivity contribution < 1.29 is 4.79 Å². The summed E-state index contributed by atoms with van der Waals surface area (Å²) in [6.45, 7) is 2.93. The highest BCUT2D eigenvalue weighted by atomic mass is 35.5. The zero-order chi connectivity index (χ0) is 13.1. The van der Waals surface area contributed by atoms with Gasteiger partial charge in [0.2, 0.25) is 5.91 Å². The Balaban J connectivity index is 0.00000147. The van der Waals surface area contributed by atoms with Crippen LogP contribution in [0.15, 0.2) is 17.5 Å². The van der Waals surface area contributed by atoms with Gasteiger partial charge in [-0.3, -0.25) is 4.79 Å². The molecule has 1 aromatic heterocycles. The molecule has 3 nitrogen and oxygen atoms in total. The predicted octanol–water partition coefficient (Wildman–Crippen LogP) is 2.71. The summed E-state index contributed by atoms with van der Waals surface area (Å²) in [6, 6.07) is 4.21. The van der Waals surface area contributed by atoms with Gasteiger partial charge in [0.15, 0.2) is 0 Å². The van der Waals surface area contributed by atoms with Crippen LogP contribution in [0.4, 0.5) is 0 Å². The molecular weight excluding hydrogens is 292 g/mol. The highest BCUT2D eigenvalue weighted by molar-refractivity contribution is 7.10. The standard InChI is InChI=1S/C15H22N2OS.ClH/c18-14(17-11-12-9-16-10-12)15(6-2-1-3-7-15)13-5-4-8-19-13;/h4-5,8,12,16H,1-3,6-7,9-11H2,(H,17,18);1H. The molecule has 112 valence electrons. The molecule has 1 aromatic rings. The molecule has 2 fully saturated rings. The van der Waals surface area contributed by atoms with Crippen molar-refractivity contribution in [3.63, 3.8) is 0 Å². The number of halogens is 1. The third-order valence-electron chi connectivity index (χ3n) is 4.55. The third kappa shape index (κ3) is 3.02. The van der Waals surface area contributed by atoms with Crippen LogP contribution in [0.2, 0.25) is 0 Å². The average Bonchev–Trinajstić information content (AvgIpc) is 2.92. The van der Waals surface area contributed by atoms with Gasteiger partial charge in [-0.25, -0.2) is 0 Å². The van der Waals surface area contributed by atoms with Crippen LogP contribution in [0.3, 0.4) is 0 Å². The van der Waals surface area contributed by atoms with Gasteiger partial charge in [-0.1, -0.05) is 25.3 Å². The molecule has 20 heavy (non-hydrogen) atoms. The fourth-order valence-electron chi connectivity index (χ4n) is 3.19. The highest BCUT2D eigenvalue weighted by Gasteiger charge is 2.42. The zero-order valence-electron chi connectivity index (χ0n) is 11.7. The molecule has 0 radical (unpaired) electrons. The quantitative estimate of drug-likeness (QED) is 0.897. The lowest BCUT2D eigenvalue weighted by atomic mass is 9.72. The lowest BCUT2D eigenvalue weighted by Crippen LogP contribution is -2.52. The number of rotatable bonds is 4. The van der Waals surface area contributed by atoms with Crippen molar-refractivity contribution in [2.24, 2.45) is 5.92 Å². The molecule has 1 saturated heterocycles. The first kappa shape index (κ1) is 15.8. The second-order valence-electron chi connectivity index (χ2n) is 5.85. The van der Waals surface area contributed by atoms with Crippen LogP contribution in [0.25, 0.3) is 0 Å². The fraction of sp³-hybridized carbons (Fsp3) is 0.667.